The lowest BCUT2D eigenvalue weighted by atomic mass is 10.3. The summed E-state index contributed by atoms with van der Waals surface area (Å²) in [6.45, 7) is 2.75. The van der Waals surface area contributed by atoms with Crippen molar-refractivity contribution in [2.45, 2.75) is 19.8 Å². The molecule has 20 heavy (non-hydrogen) atoms. The quantitative estimate of drug-likeness (QED) is 0.462. The molecule has 0 aromatic carbocycles. The van der Waals surface area contributed by atoms with E-state index in [1.165, 1.54) is 7.11 Å². The third-order valence-electron chi connectivity index (χ3n) is 2.38. The molecular formula is C11H17BrN6O2. The van der Waals surface area contributed by atoms with Crippen molar-refractivity contribution in [1.29, 1.82) is 5.41 Å². The summed E-state index contributed by atoms with van der Waals surface area (Å²) in [6, 6.07) is 0. The number of nitrogens with two attached hydrogens (primary N) is 1. The first kappa shape index (κ1) is 16.2. The zero-order chi connectivity index (χ0) is 15.1. The van der Waals surface area contributed by atoms with Gasteiger partial charge >= 0.3 is 6.09 Å². The van der Waals surface area contributed by atoms with Gasteiger partial charge in [0, 0.05) is 6.54 Å². The lowest BCUT2D eigenvalue weighted by molar-refractivity contribution is 0.186. The van der Waals surface area contributed by atoms with E-state index in [0.29, 0.717) is 12.4 Å². The molecular weight excluding hydrogens is 328 g/mol. The largest absolute Gasteiger partial charge is 0.453 e. The molecule has 1 rings (SSSR count). The predicted molar refractivity (Wildman–Crippen MR) is 81.6 cm³/mol. The lowest BCUT2D eigenvalue weighted by Crippen LogP contribution is -2.17. The minimum Gasteiger partial charge on any atom is -0.453 e. The minimum atomic E-state index is -0.693. The molecule has 1 heterocycles. The number of hydrogen-bond acceptors (Lipinski definition) is 7. The number of aromatic nitrogens is 2. The number of amides is 1. The fraction of sp³-hybridized carbons (Fsp3) is 0.455. The number of nitrogens with one attached hydrogen (secondary N) is 3. The van der Waals surface area contributed by atoms with E-state index in [-0.39, 0.29) is 22.0 Å². The lowest BCUT2D eigenvalue weighted by Gasteiger charge is -2.12. The highest BCUT2D eigenvalue weighted by molar-refractivity contribution is 9.18. The van der Waals surface area contributed by atoms with Crippen molar-refractivity contribution in [3.8, 4) is 0 Å². The number of carbonyl (C=O) groups excluding carboxylic acids is 1. The second kappa shape index (κ2) is 7.63. The van der Waals surface area contributed by atoms with Crippen molar-refractivity contribution in [3.63, 3.8) is 0 Å². The maximum absolute atomic E-state index is 11.2. The topological polar surface area (TPSA) is 126 Å². The van der Waals surface area contributed by atoms with Crippen LogP contribution >= 0.6 is 15.9 Å². The number of hydrogen-bond donors (Lipinski definition) is 4. The van der Waals surface area contributed by atoms with Crippen LogP contribution in [-0.2, 0) is 4.74 Å². The Kier molecular flexibility index (Phi) is 6.16. The molecule has 0 fully saturated rings. The molecule has 0 saturated heterocycles. The summed E-state index contributed by atoms with van der Waals surface area (Å²) in [5.41, 5.74) is 6.34. The minimum absolute atomic E-state index is 0.00357. The van der Waals surface area contributed by atoms with E-state index in [1.54, 1.807) is 0 Å². The van der Waals surface area contributed by atoms with Gasteiger partial charge < -0.3 is 15.8 Å². The molecule has 9 heteroatoms. The number of nitrogens with zero attached hydrogens (tertiary/aromatic N) is 2. The van der Waals surface area contributed by atoms with Gasteiger partial charge in [0.15, 0.2) is 5.82 Å². The summed E-state index contributed by atoms with van der Waals surface area (Å²) in [6.07, 6.45) is 1.28. The summed E-state index contributed by atoms with van der Waals surface area (Å²) in [4.78, 5) is 19.3. The van der Waals surface area contributed by atoms with E-state index in [9.17, 15) is 4.79 Å². The Balaban J connectivity index is 3.07. The Hall–Kier alpha value is -1.90. The molecule has 110 valence electrons. The molecule has 0 radical (unpaired) electrons. The Morgan fingerprint density at radius 3 is 2.75 bits per heavy atom. The Labute approximate surface area is 125 Å². The fourth-order valence-electron chi connectivity index (χ4n) is 1.35. The molecule has 0 bridgehead atoms. The fourth-order valence-corrected chi connectivity index (χ4v) is 1.66. The van der Waals surface area contributed by atoms with Crippen molar-refractivity contribution < 1.29 is 9.53 Å². The van der Waals surface area contributed by atoms with Crippen LogP contribution in [0.1, 0.15) is 25.5 Å². The molecule has 5 N–H and O–H groups in total. The number of halogens is 1. The van der Waals surface area contributed by atoms with Gasteiger partial charge in [0.05, 0.1) is 7.11 Å². The number of rotatable bonds is 6. The zero-order valence-corrected chi connectivity index (χ0v) is 12.9. The van der Waals surface area contributed by atoms with Crippen molar-refractivity contribution in [2.24, 2.45) is 0 Å². The molecule has 0 aliphatic carbocycles. The molecule has 0 aliphatic rings. The van der Waals surface area contributed by atoms with Gasteiger partial charge in [-0.3, -0.25) is 10.7 Å². The first-order valence-electron chi connectivity index (χ1n) is 6.00. The third kappa shape index (κ3) is 4.34. The van der Waals surface area contributed by atoms with Gasteiger partial charge in [-0.1, -0.05) is 13.3 Å². The first-order valence-corrected chi connectivity index (χ1v) is 6.79. The summed E-state index contributed by atoms with van der Waals surface area (Å²) in [5.74, 6) is 0.392. The van der Waals surface area contributed by atoms with Gasteiger partial charge in [0.1, 0.15) is 16.0 Å². The summed E-state index contributed by atoms with van der Waals surface area (Å²) >= 11 is 3.01. The first-order chi connectivity index (χ1) is 9.49. The normalized spacial score (nSPS) is 9.95. The average molecular weight is 345 g/mol. The predicted octanol–water partition coefficient (Wildman–Crippen LogP) is 2.17. The van der Waals surface area contributed by atoms with Crippen molar-refractivity contribution in [3.05, 3.63) is 5.69 Å². The molecule has 0 spiro atoms. The van der Waals surface area contributed by atoms with E-state index in [0.717, 1.165) is 12.8 Å². The van der Waals surface area contributed by atoms with Crippen LogP contribution in [0.5, 0.6) is 0 Å². The highest BCUT2D eigenvalue weighted by atomic mass is 79.9. The van der Waals surface area contributed by atoms with Crippen LogP contribution in [0.25, 0.3) is 0 Å². The SMILES string of the molecule is CCCCNc1nc(NC(=O)OC)nc(C(=N)Br)c1N. The van der Waals surface area contributed by atoms with E-state index in [1.807, 2.05) is 0 Å². The molecule has 1 aromatic heterocycles. The number of unbranched alkanes of at least 4 members (excludes halogenated alkanes) is 1. The van der Waals surface area contributed by atoms with Gasteiger partial charge in [-0.15, -0.1) is 0 Å². The van der Waals surface area contributed by atoms with E-state index >= 15 is 0 Å². The number of nitrogen functional groups attached to an aromatic ring is 1. The number of anilines is 3. The molecule has 0 saturated carbocycles. The van der Waals surface area contributed by atoms with Crippen molar-refractivity contribution >= 4 is 44.1 Å². The van der Waals surface area contributed by atoms with Gasteiger partial charge in [-0.25, -0.2) is 9.78 Å². The third-order valence-corrected chi connectivity index (χ3v) is 2.75. The zero-order valence-electron chi connectivity index (χ0n) is 11.3. The van der Waals surface area contributed by atoms with Crippen LogP contribution < -0.4 is 16.4 Å². The van der Waals surface area contributed by atoms with Gasteiger partial charge in [0.2, 0.25) is 5.95 Å². The Morgan fingerprint density at radius 2 is 2.20 bits per heavy atom. The van der Waals surface area contributed by atoms with Gasteiger partial charge in [-0.2, -0.15) is 4.98 Å². The molecule has 0 atom stereocenters. The van der Waals surface area contributed by atoms with Gasteiger partial charge in [-0.05, 0) is 22.4 Å². The molecule has 0 unspecified atom stereocenters. The number of carbonyl (C=O) groups is 1. The van der Waals surface area contributed by atoms with Crippen molar-refractivity contribution in [1.82, 2.24) is 9.97 Å². The van der Waals surface area contributed by atoms with Crippen LogP contribution in [-0.4, -0.2) is 34.3 Å². The van der Waals surface area contributed by atoms with Crippen LogP contribution in [0.4, 0.5) is 22.2 Å². The maximum Gasteiger partial charge on any atom is 0.413 e. The Morgan fingerprint density at radius 1 is 1.50 bits per heavy atom. The Bertz CT molecular complexity index is 508. The maximum atomic E-state index is 11.2. The number of ether oxygens (including phenoxy) is 1. The molecule has 8 nitrogen and oxygen atoms in total. The molecule has 0 aliphatic heterocycles. The second-order valence-corrected chi connectivity index (χ2v) is 4.66. The highest BCUT2D eigenvalue weighted by Gasteiger charge is 2.15. The van der Waals surface area contributed by atoms with E-state index in [2.05, 4.69) is 48.2 Å². The van der Waals surface area contributed by atoms with Crippen LogP contribution in [0.15, 0.2) is 0 Å². The summed E-state index contributed by atoms with van der Waals surface area (Å²) in [5, 5.41) is 13.0. The highest BCUT2D eigenvalue weighted by Crippen LogP contribution is 2.23. The number of methoxy groups -OCH3 is 1. The average Bonchev–Trinajstić information content (AvgIpc) is 2.41. The monoisotopic (exact) mass is 344 g/mol. The van der Waals surface area contributed by atoms with E-state index in [4.69, 9.17) is 11.1 Å². The van der Waals surface area contributed by atoms with E-state index < -0.39 is 6.09 Å². The summed E-state index contributed by atoms with van der Waals surface area (Å²) in [7, 11) is 1.24. The molecule has 1 amide bonds. The second-order valence-electron chi connectivity index (χ2n) is 3.87. The van der Waals surface area contributed by atoms with Crippen LogP contribution in [0, 0.1) is 5.41 Å². The van der Waals surface area contributed by atoms with Crippen LogP contribution in [0.2, 0.25) is 0 Å². The van der Waals surface area contributed by atoms with Gasteiger partial charge in [0.25, 0.3) is 0 Å². The smallest absolute Gasteiger partial charge is 0.413 e. The summed E-state index contributed by atoms with van der Waals surface area (Å²) < 4.78 is 4.48. The molecule has 1 aromatic rings. The van der Waals surface area contributed by atoms with Crippen molar-refractivity contribution in [2.75, 3.05) is 30.0 Å². The standard InChI is InChI=1S/C11H17BrN6O2/c1-3-4-5-15-9-6(13)7(8(12)14)16-10(17-9)18-11(19)20-2/h14H,3-5,13H2,1-2H3,(H2,15,16,17,18,19). The van der Waals surface area contributed by atoms with Crippen LogP contribution in [0.3, 0.4) is 0 Å².